The van der Waals surface area contributed by atoms with E-state index in [1.807, 2.05) is 11.8 Å². The molecule has 0 radical (unpaired) electrons. The summed E-state index contributed by atoms with van der Waals surface area (Å²) in [6.07, 6.45) is 6.78. The highest BCUT2D eigenvalue weighted by Crippen LogP contribution is 2.32. The lowest BCUT2D eigenvalue weighted by molar-refractivity contribution is 0.0376. The smallest absolute Gasteiger partial charge is 0.271 e. The van der Waals surface area contributed by atoms with Gasteiger partial charge >= 0.3 is 0 Å². The number of aryl methyl sites for hydroxylation is 1. The highest BCUT2D eigenvalue weighted by atomic mass is 32.1. The molecule has 1 atom stereocenters. The molecule has 0 spiro atoms. The van der Waals surface area contributed by atoms with Gasteiger partial charge in [-0.3, -0.25) is 14.7 Å². The van der Waals surface area contributed by atoms with Crippen molar-refractivity contribution >= 4 is 23.2 Å². The van der Waals surface area contributed by atoms with Gasteiger partial charge in [-0.05, 0) is 51.0 Å². The number of aromatic nitrogens is 3. The molecule has 2 fully saturated rings. The van der Waals surface area contributed by atoms with Crippen molar-refractivity contribution in [2.75, 3.05) is 19.6 Å². The Morgan fingerprint density at radius 2 is 1.96 bits per heavy atom. The first-order chi connectivity index (χ1) is 13.1. The van der Waals surface area contributed by atoms with Crippen molar-refractivity contribution in [2.45, 2.75) is 45.1 Å². The number of likely N-dealkylation sites (tertiary alicyclic amines) is 2. The maximum absolute atomic E-state index is 13.1. The second kappa shape index (κ2) is 7.80. The number of nitrogens with one attached hydrogen (secondary N) is 1. The van der Waals surface area contributed by atoms with E-state index >= 15 is 0 Å². The minimum Gasteiger partial charge on any atom is -0.337 e. The fourth-order valence-corrected chi connectivity index (χ4v) is 5.13. The molecule has 0 aromatic carbocycles. The fraction of sp³-hybridized carbons (Fsp3) is 0.579. The summed E-state index contributed by atoms with van der Waals surface area (Å²) < 4.78 is 0. The van der Waals surface area contributed by atoms with Gasteiger partial charge < -0.3 is 9.80 Å². The third-order valence-electron chi connectivity index (χ3n) is 5.85. The summed E-state index contributed by atoms with van der Waals surface area (Å²) in [4.78, 5) is 34.6. The van der Waals surface area contributed by atoms with Crippen molar-refractivity contribution in [3.63, 3.8) is 0 Å². The lowest BCUT2D eigenvalue weighted by atomic mass is 9.83. The van der Waals surface area contributed by atoms with Gasteiger partial charge in [-0.25, -0.2) is 4.98 Å². The van der Waals surface area contributed by atoms with Crippen molar-refractivity contribution in [3.05, 3.63) is 34.0 Å². The topological polar surface area (TPSA) is 82.2 Å². The monoisotopic (exact) mass is 387 g/mol. The first-order valence-corrected chi connectivity index (χ1v) is 10.5. The Bertz CT molecular complexity index is 795. The third-order valence-corrected chi connectivity index (χ3v) is 6.77. The van der Waals surface area contributed by atoms with E-state index in [4.69, 9.17) is 0 Å². The Kier molecular flexibility index (Phi) is 5.24. The van der Waals surface area contributed by atoms with Crippen molar-refractivity contribution < 1.29 is 9.59 Å². The molecule has 27 heavy (non-hydrogen) atoms. The number of piperidine rings is 2. The number of rotatable bonds is 3. The number of carbonyl (C=O) groups is 2. The summed E-state index contributed by atoms with van der Waals surface area (Å²) >= 11 is 1.44. The van der Waals surface area contributed by atoms with Crippen LogP contribution in [-0.4, -0.2) is 62.5 Å². The highest BCUT2D eigenvalue weighted by molar-refractivity contribution is 7.11. The van der Waals surface area contributed by atoms with Crippen LogP contribution in [0.5, 0.6) is 0 Å². The van der Waals surface area contributed by atoms with E-state index < -0.39 is 0 Å². The van der Waals surface area contributed by atoms with Crippen LogP contribution in [0, 0.1) is 12.8 Å². The Labute approximate surface area is 162 Å². The van der Waals surface area contributed by atoms with E-state index in [1.165, 1.54) is 17.8 Å². The number of hydrogen-bond donors (Lipinski definition) is 1. The molecule has 2 aliphatic rings. The van der Waals surface area contributed by atoms with E-state index in [1.54, 1.807) is 17.8 Å². The molecule has 0 bridgehead atoms. The molecule has 1 N–H and O–H groups in total. The van der Waals surface area contributed by atoms with Crippen LogP contribution >= 0.6 is 11.3 Å². The first-order valence-electron chi connectivity index (χ1n) is 9.65. The van der Waals surface area contributed by atoms with Crippen LogP contribution in [0.3, 0.4) is 0 Å². The van der Waals surface area contributed by atoms with Gasteiger partial charge in [0.25, 0.3) is 11.8 Å². The number of hydrogen-bond acceptors (Lipinski definition) is 5. The van der Waals surface area contributed by atoms with Gasteiger partial charge in [0.15, 0.2) is 0 Å². The molecule has 0 unspecified atom stereocenters. The maximum Gasteiger partial charge on any atom is 0.271 e. The standard InChI is InChI=1S/C19H25N5O2S/c1-13-17(27-12-20-13)19(26)24-9-3-2-4-16(24)14-6-10-23(11-7-14)18(25)15-5-8-21-22-15/h5,8,12,14,16H,2-4,6-7,9-11H2,1H3,(H,21,22)/t16-/m1/s1. The molecular weight excluding hydrogens is 362 g/mol. The van der Waals surface area contributed by atoms with Crippen molar-refractivity contribution in [2.24, 2.45) is 5.92 Å². The molecule has 2 aromatic heterocycles. The van der Waals surface area contributed by atoms with E-state index in [2.05, 4.69) is 20.1 Å². The van der Waals surface area contributed by atoms with E-state index in [-0.39, 0.29) is 17.9 Å². The number of aromatic amines is 1. The van der Waals surface area contributed by atoms with Crippen LogP contribution in [-0.2, 0) is 0 Å². The molecule has 7 nitrogen and oxygen atoms in total. The number of H-pyrrole nitrogens is 1. The Morgan fingerprint density at radius 3 is 2.63 bits per heavy atom. The fourth-order valence-electron chi connectivity index (χ4n) is 4.37. The van der Waals surface area contributed by atoms with Gasteiger partial charge in [0.05, 0.1) is 11.2 Å². The molecule has 2 aromatic rings. The number of nitrogens with zero attached hydrogens (tertiary/aromatic N) is 4. The van der Waals surface area contributed by atoms with Gasteiger partial charge in [0, 0.05) is 31.9 Å². The van der Waals surface area contributed by atoms with Gasteiger partial charge in [-0.15, -0.1) is 11.3 Å². The summed E-state index contributed by atoms with van der Waals surface area (Å²) in [7, 11) is 0. The normalized spacial score (nSPS) is 21.4. The first kappa shape index (κ1) is 18.2. The largest absolute Gasteiger partial charge is 0.337 e. The second-order valence-corrected chi connectivity index (χ2v) is 8.28. The summed E-state index contributed by atoms with van der Waals surface area (Å²) in [5.41, 5.74) is 3.12. The van der Waals surface area contributed by atoms with E-state index in [0.717, 1.165) is 55.9 Å². The summed E-state index contributed by atoms with van der Waals surface area (Å²) in [6.45, 7) is 4.21. The number of thiazole rings is 1. The predicted octanol–water partition coefficient (Wildman–Crippen LogP) is 2.72. The lowest BCUT2D eigenvalue weighted by Crippen LogP contribution is -2.51. The zero-order chi connectivity index (χ0) is 18.8. The average molecular weight is 388 g/mol. The Hall–Kier alpha value is -2.22. The van der Waals surface area contributed by atoms with Crippen LogP contribution in [0.25, 0.3) is 0 Å². The number of carbonyl (C=O) groups excluding carboxylic acids is 2. The molecule has 144 valence electrons. The summed E-state index contributed by atoms with van der Waals surface area (Å²) in [6, 6.07) is 1.99. The molecule has 2 aliphatic heterocycles. The average Bonchev–Trinajstić information content (AvgIpc) is 3.39. The zero-order valence-electron chi connectivity index (χ0n) is 15.6. The molecule has 2 amide bonds. The van der Waals surface area contributed by atoms with Crippen LogP contribution in [0.2, 0.25) is 0 Å². The Morgan fingerprint density at radius 1 is 1.15 bits per heavy atom. The maximum atomic E-state index is 13.1. The van der Waals surface area contributed by atoms with Crippen LogP contribution in [0.15, 0.2) is 17.8 Å². The summed E-state index contributed by atoms with van der Waals surface area (Å²) in [5, 5.41) is 6.62. The van der Waals surface area contributed by atoms with E-state index in [9.17, 15) is 9.59 Å². The second-order valence-electron chi connectivity index (χ2n) is 7.43. The van der Waals surface area contributed by atoms with Crippen LogP contribution in [0.1, 0.15) is 58.0 Å². The minimum absolute atomic E-state index is 0.0165. The van der Waals surface area contributed by atoms with Gasteiger partial charge in [-0.1, -0.05) is 0 Å². The molecule has 4 rings (SSSR count). The Balaban J connectivity index is 1.42. The zero-order valence-corrected chi connectivity index (χ0v) is 16.4. The van der Waals surface area contributed by atoms with Gasteiger partial charge in [0.1, 0.15) is 10.6 Å². The molecular formula is C19H25N5O2S. The van der Waals surface area contributed by atoms with Crippen molar-refractivity contribution in [3.8, 4) is 0 Å². The molecule has 0 aliphatic carbocycles. The van der Waals surface area contributed by atoms with Gasteiger partial charge in [0.2, 0.25) is 0 Å². The summed E-state index contributed by atoms with van der Waals surface area (Å²) in [5.74, 6) is 0.603. The third kappa shape index (κ3) is 3.63. The van der Waals surface area contributed by atoms with Gasteiger partial charge in [-0.2, -0.15) is 5.10 Å². The molecule has 2 saturated heterocycles. The number of amides is 2. The SMILES string of the molecule is Cc1ncsc1C(=O)N1CCCC[C@@H]1C1CCN(C(=O)c2ccn[nH]2)CC1. The van der Waals surface area contributed by atoms with Crippen LogP contribution in [0.4, 0.5) is 0 Å². The van der Waals surface area contributed by atoms with Crippen molar-refractivity contribution in [1.82, 2.24) is 25.0 Å². The predicted molar refractivity (Wildman–Crippen MR) is 103 cm³/mol. The molecule has 0 saturated carbocycles. The lowest BCUT2D eigenvalue weighted by Gasteiger charge is -2.43. The van der Waals surface area contributed by atoms with Crippen molar-refractivity contribution in [1.29, 1.82) is 0 Å². The van der Waals surface area contributed by atoms with Crippen LogP contribution < -0.4 is 0 Å². The van der Waals surface area contributed by atoms with E-state index in [0.29, 0.717) is 11.6 Å². The quantitative estimate of drug-likeness (QED) is 0.878. The molecule has 8 heteroatoms. The molecule has 4 heterocycles. The minimum atomic E-state index is 0.0165. The highest BCUT2D eigenvalue weighted by Gasteiger charge is 2.36.